The molecule has 4 aromatic rings. The molecule has 1 heterocycles. The Labute approximate surface area is 187 Å². The number of amides is 1. The van der Waals surface area contributed by atoms with Gasteiger partial charge in [0.25, 0.3) is 0 Å². The van der Waals surface area contributed by atoms with Crippen LogP contribution in [-0.2, 0) is 11.2 Å². The lowest BCUT2D eigenvalue weighted by atomic mass is 9.98. The highest BCUT2D eigenvalue weighted by Gasteiger charge is 2.19. The topological polar surface area (TPSA) is 42.0 Å². The highest BCUT2D eigenvalue weighted by Crippen LogP contribution is 2.33. The zero-order valence-corrected chi connectivity index (χ0v) is 18.3. The SMILES string of the molecule is O=C(CSc1nc2ccccc2cc1CC1CCCC1)Nc1cccc2ccccc12. The largest absolute Gasteiger partial charge is 0.325 e. The summed E-state index contributed by atoms with van der Waals surface area (Å²) in [7, 11) is 0. The van der Waals surface area contributed by atoms with E-state index in [0.717, 1.165) is 39.3 Å². The van der Waals surface area contributed by atoms with E-state index in [4.69, 9.17) is 4.98 Å². The smallest absolute Gasteiger partial charge is 0.234 e. The minimum Gasteiger partial charge on any atom is -0.325 e. The fourth-order valence-corrected chi connectivity index (χ4v) is 5.42. The molecular formula is C27H26N2OS. The molecule has 5 rings (SSSR count). The summed E-state index contributed by atoms with van der Waals surface area (Å²) >= 11 is 1.55. The van der Waals surface area contributed by atoms with Gasteiger partial charge in [0, 0.05) is 16.5 Å². The van der Waals surface area contributed by atoms with E-state index in [9.17, 15) is 4.79 Å². The quantitative estimate of drug-likeness (QED) is 0.343. The minimum atomic E-state index is 0.00290. The average Bonchev–Trinajstić information content (AvgIpc) is 3.31. The number of fused-ring (bicyclic) bond motifs is 2. The maximum atomic E-state index is 12.8. The van der Waals surface area contributed by atoms with Gasteiger partial charge in [0.1, 0.15) is 5.03 Å². The number of carbonyl (C=O) groups excluding carboxylic acids is 1. The number of anilines is 1. The second kappa shape index (κ2) is 9.11. The molecule has 3 aromatic carbocycles. The molecule has 1 N–H and O–H groups in total. The zero-order chi connectivity index (χ0) is 21.0. The van der Waals surface area contributed by atoms with Gasteiger partial charge in [-0.1, -0.05) is 92.0 Å². The van der Waals surface area contributed by atoms with Crippen LogP contribution >= 0.6 is 11.8 Å². The average molecular weight is 427 g/mol. The van der Waals surface area contributed by atoms with Gasteiger partial charge in [0.05, 0.1) is 11.3 Å². The fourth-order valence-electron chi connectivity index (χ4n) is 4.59. The van der Waals surface area contributed by atoms with Gasteiger partial charge >= 0.3 is 0 Å². The monoisotopic (exact) mass is 426 g/mol. The summed E-state index contributed by atoms with van der Waals surface area (Å²) in [6.07, 6.45) is 6.34. The molecule has 1 saturated carbocycles. The standard InChI is InChI=1S/C27H26N2OS/c30-26(28-25-15-7-12-20-10-3-5-13-23(20)25)18-31-27-22(16-19-8-1-2-9-19)17-21-11-4-6-14-24(21)29-27/h3-7,10-15,17,19H,1-2,8-9,16,18H2,(H,28,30). The summed E-state index contributed by atoms with van der Waals surface area (Å²) in [5, 5.41) is 7.47. The van der Waals surface area contributed by atoms with Crippen LogP contribution in [0.4, 0.5) is 5.69 Å². The summed E-state index contributed by atoms with van der Waals surface area (Å²) in [5.74, 6) is 1.10. The Morgan fingerprint density at radius 3 is 2.55 bits per heavy atom. The Kier molecular flexibility index (Phi) is 5.90. The molecule has 0 atom stereocenters. The van der Waals surface area contributed by atoms with E-state index < -0.39 is 0 Å². The summed E-state index contributed by atoms with van der Waals surface area (Å²) in [6, 6.07) is 24.7. The molecule has 0 aliphatic heterocycles. The molecule has 0 radical (unpaired) electrons. The van der Waals surface area contributed by atoms with Gasteiger partial charge in [-0.05, 0) is 41.5 Å². The van der Waals surface area contributed by atoms with Crippen molar-refractivity contribution >= 4 is 45.0 Å². The van der Waals surface area contributed by atoms with Crippen molar-refractivity contribution in [2.75, 3.05) is 11.1 Å². The normalized spacial score (nSPS) is 14.3. The predicted octanol–water partition coefficient (Wildman–Crippen LogP) is 6.85. The molecule has 1 aliphatic carbocycles. The van der Waals surface area contributed by atoms with Crippen LogP contribution in [0.25, 0.3) is 21.7 Å². The number of rotatable bonds is 6. The van der Waals surface area contributed by atoms with Crippen LogP contribution in [0.3, 0.4) is 0 Å². The molecule has 0 spiro atoms. The van der Waals surface area contributed by atoms with Crippen LogP contribution in [0.5, 0.6) is 0 Å². The van der Waals surface area contributed by atoms with E-state index in [2.05, 4.69) is 41.7 Å². The number of nitrogens with one attached hydrogen (secondary N) is 1. The van der Waals surface area contributed by atoms with Gasteiger partial charge in [0.2, 0.25) is 5.91 Å². The van der Waals surface area contributed by atoms with Crippen molar-refractivity contribution in [3.8, 4) is 0 Å². The summed E-state index contributed by atoms with van der Waals surface area (Å²) in [4.78, 5) is 17.7. The third-order valence-electron chi connectivity index (χ3n) is 6.15. The number of hydrogen-bond acceptors (Lipinski definition) is 3. The van der Waals surface area contributed by atoms with Crippen LogP contribution < -0.4 is 5.32 Å². The third-order valence-corrected chi connectivity index (χ3v) is 7.18. The van der Waals surface area contributed by atoms with E-state index in [1.165, 1.54) is 36.6 Å². The maximum Gasteiger partial charge on any atom is 0.234 e. The van der Waals surface area contributed by atoms with Crippen molar-refractivity contribution in [2.45, 2.75) is 37.1 Å². The van der Waals surface area contributed by atoms with Crippen molar-refractivity contribution in [1.82, 2.24) is 4.98 Å². The minimum absolute atomic E-state index is 0.00290. The number of aromatic nitrogens is 1. The molecule has 0 bridgehead atoms. The Balaban J connectivity index is 1.34. The van der Waals surface area contributed by atoms with Crippen LogP contribution in [0.2, 0.25) is 0 Å². The first kappa shape index (κ1) is 20.1. The number of benzene rings is 3. The highest BCUT2D eigenvalue weighted by atomic mass is 32.2. The lowest BCUT2D eigenvalue weighted by molar-refractivity contribution is -0.113. The number of nitrogens with zero attached hydrogens (tertiary/aromatic N) is 1. The number of thioether (sulfide) groups is 1. The van der Waals surface area contributed by atoms with Gasteiger partial charge in [-0.25, -0.2) is 4.98 Å². The highest BCUT2D eigenvalue weighted by molar-refractivity contribution is 8.00. The van der Waals surface area contributed by atoms with Gasteiger partial charge in [-0.3, -0.25) is 4.79 Å². The molecule has 31 heavy (non-hydrogen) atoms. The van der Waals surface area contributed by atoms with E-state index in [1.807, 2.05) is 36.4 Å². The molecule has 1 aromatic heterocycles. The molecule has 156 valence electrons. The van der Waals surface area contributed by atoms with Crippen molar-refractivity contribution in [1.29, 1.82) is 0 Å². The number of pyridine rings is 1. The van der Waals surface area contributed by atoms with E-state index in [1.54, 1.807) is 11.8 Å². The molecular weight excluding hydrogens is 400 g/mol. The summed E-state index contributed by atoms with van der Waals surface area (Å²) in [6.45, 7) is 0. The van der Waals surface area contributed by atoms with Crippen molar-refractivity contribution in [3.05, 3.63) is 78.4 Å². The van der Waals surface area contributed by atoms with E-state index in [-0.39, 0.29) is 5.91 Å². The molecule has 4 heteroatoms. The van der Waals surface area contributed by atoms with Gasteiger partial charge in [0.15, 0.2) is 0 Å². The lowest BCUT2D eigenvalue weighted by Crippen LogP contribution is -2.14. The molecule has 0 saturated heterocycles. The number of para-hydroxylation sites is 1. The molecule has 3 nitrogen and oxygen atoms in total. The number of carbonyl (C=O) groups is 1. The Bertz CT molecular complexity index is 1230. The number of hydrogen-bond donors (Lipinski definition) is 1. The Hall–Kier alpha value is -2.85. The lowest BCUT2D eigenvalue weighted by Gasteiger charge is -2.14. The Morgan fingerprint density at radius 1 is 0.935 bits per heavy atom. The first-order valence-electron chi connectivity index (χ1n) is 11.1. The second-order valence-corrected chi connectivity index (χ2v) is 9.33. The Morgan fingerprint density at radius 2 is 1.68 bits per heavy atom. The predicted molar refractivity (Wildman–Crippen MR) is 131 cm³/mol. The van der Waals surface area contributed by atoms with Gasteiger partial charge in [-0.15, -0.1) is 0 Å². The molecule has 1 fully saturated rings. The van der Waals surface area contributed by atoms with Crippen LogP contribution in [0, 0.1) is 5.92 Å². The fraction of sp³-hybridized carbons (Fsp3) is 0.259. The maximum absolute atomic E-state index is 12.8. The van der Waals surface area contributed by atoms with E-state index in [0.29, 0.717) is 5.75 Å². The molecule has 0 unspecified atom stereocenters. The summed E-state index contributed by atoms with van der Waals surface area (Å²) in [5.41, 5.74) is 3.14. The van der Waals surface area contributed by atoms with Crippen molar-refractivity contribution in [3.63, 3.8) is 0 Å². The van der Waals surface area contributed by atoms with E-state index >= 15 is 0 Å². The summed E-state index contributed by atoms with van der Waals surface area (Å²) < 4.78 is 0. The van der Waals surface area contributed by atoms with Gasteiger partial charge in [-0.2, -0.15) is 0 Å². The first-order chi connectivity index (χ1) is 15.3. The first-order valence-corrected chi connectivity index (χ1v) is 12.0. The third kappa shape index (κ3) is 4.59. The van der Waals surface area contributed by atoms with Crippen LogP contribution in [0.1, 0.15) is 31.2 Å². The zero-order valence-electron chi connectivity index (χ0n) is 17.5. The molecule has 1 aliphatic rings. The van der Waals surface area contributed by atoms with Crippen molar-refractivity contribution in [2.24, 2.45) is 5.92 Å². The second-order valence-electron chi connectivity index (χ2n) is 8.36. The van der Waals surface area contributed by atoms with Gasteiger partial charge < -0.3 is 5.32 Å². The van der Waals surface area contributed by atoms with Crippen LogP contribution in [-0.4, -0.2) is 16.6 Å². The van der Waals surface area contributed by atoms with Crippen LogP contribution in [0.15, 0.2) is 77.8 Å². The van der Waals surface area contributed by atoms with Crippen molar-refractivity contribution < 1.29 is 4.79 Å². The molecule has 1 amide bonds.